The van der Waals surface area contributed by atoms with Crippen LogP contribution >= 0.6 is 23.2 Å². The summed E-state index contributed by atoms with van der Waals surface area (Å²) in [6.45, 7) is 0.492. The van der Waals surface area contributed by atoms with Crippen molar-refractivity contribution < 1.29 is 5.11 Å². The predicted molar refractivity (Wildman–Crippen MR) is 51.0 cm³/mol. The van der Waals surface area contributed by atoms with E-state index in [0.29, 0.717) is 16.9 Å². The average Bonchev–Trinajstić information content (AvgIpc) is 2.33. The molecular weight excluding hydrogens is 211 g/mol. The van der Waals surface area contributed by atoms with Crippen molar-refractivity contribution >= 4 is 23.2 Å². The number of rotatable bonds is 2. The highest BCUT2D eigenvalue weighted by Crippen LogP contribution is 2.34. The zero-order chi connectivity index (χ0) is 9.47. The van der Waals surface area contributed by atoms with E-state index in [4.69, 9.17) is 23.2 Å². The van der Waals surface area contributed by atoms with Crippen LogP contribution in [0.5, 0.6) is 0 Å². The fraction of sp³-hybridized carbons (Fsp3) is 0.625. The first-order chi connectivity index (χ1) is 6.11. The third kappa shape index (κ3) is 1.68. The van der Waals surface area contributed by atoms with Crippen LogP contribution in [-0.2, 0) is 6.54 Å². The largest absolute Gasteiger partial charge is 0.388 e. The molecule has 2 rings (SSSR count). The normalized spacial score (nSPS) is 19.9. The SMILES string of the molecule is OC1(Cn2cnc(Cl)c2Cl)CCC1. The van der Waals surface area contributed by atoms with Gasteiger partial charge >= 0.3 is 0 Å². The third-order valence-corrected chi connectivity index (χ3v) is 3.25. The molecule has 0 bridgehead atoms. The fourth-order valence-corrected chi connectivity index (χ4v) is 1.82. The molecule has 1 aromatic heterocycles. The van der Waals surface area contributed by atoms with E-state index in [9.17, 15) is 5.11 Å². The van der Waals surface area contributed by atoms with Crippen molar-refractivity contribution in [3.05, 3.63) is 16.6 Å². The van der Waals surface area contributed by atoms with Crippen LogP contribution in [0.3, 0.4) is 0 Å². The Kier molecular flexibility index (Phi) is 2.26. The topological polar surface area (TPSA) is 38.0 Å². The van der Waals surface area contributed by atoms with Gasteiger partial charge in [-0.1, -0.05) is 23.2 Å². The number of halogens is 2. The molecule has 0 aliphatic heterocycles. The minimum atomic E-state index is -0.590. The van der Waals surface area contributed by atoms with E-state index in [2.05, 4.69) is 4.98 Å². The predicted octanol–water partition coefficient (Wildman–Crippen LogP) is 2.10. The highest BCUT2D eigenvalue weighted by atomic mass is 35.5. The molecule has 1 fully saturated rings. The molecule has 1 aliphatic carbocycles. The van der Waals surface area contributed by atoms with Gasteiger partial charge in [0.15, 0.2) is 5.15 Å². The van der Waals surface area contributed by atoms with Crippen LogP contribution in [0.1, 0.15) is 19.3 Å². The van der Waals surface area contributed by atoms with Crippen LogP contribution in [0.2, 0.25) is 10.3 Å². The molecule has 0 radical (unpaired) electrons. The Bertz CT molecular complexity index is 320. The highest BCUT2D eigenvalue weighted by molar-refractivity contribution is 6.40. The molecule has 1 heterocycles. The molecule has 0 aromatic carbocycles. The summed E-state index contributed by atoms with van der Waals surface area (Å²) in [4.78, 5) is 3.84. The number of aliphatic hydroxyl groups is 1. The van der Waals surface area contributed by atoms with Gasteiger partial charge in [0.1, 0.15) is 5.15 Å². The quantitative estimate of drug-likeness (QED) is 0.830. The molecule has 72 valence electrons. The lowest BCUT2D eigenvalue weighted by atomic mass is 9.80. The first-order valence-corrected chi connectivity index (χ1v) is 4.95. The van der Waals surface area contributed by atoms with Crippen LogP contribution in [0.15, 0.2) is 6.33 Å². The molecule has 0 unspecified atom stereocenters. The van der Waals surface area contributed by atoms with Gasteiger partial charge in [-0.15, -0.1) is 0 Å². The van der Waals surface area contributed by atoms with Crippen molar-refractivity contribution in [1.82, 2.24) is 9.55 Å². The summed E-state index contributed by atoms with van der Waals surface area (Å²) in [6.07, 6.45) is 4.30. The van der Waals surface area contributed by atoms with E-state index in [-0.39, 0.29) is 0 Å². The van der Waals surface area contributed by atoms with Crippen LogP contribution in [0, 0.1) is 0 Å². The van der Waals surface area contributed by atoms with Crippen molar-refractivity contribution in [2.45, 2.75) is 31.4 Å². The first-order valence-electron chi connectivity index (χ1n) is 4.19. The standard InChI is InChI=1S/C8H10Cl2N2O/c9-6-7(10)12(5-11-6)4-8(13)2-1-3-8/h5,13H,1-4H2. The highest BCUT2D eigenvalue weighted by Gasteiger charge is 2.35. The van der Waals surface area contributed by atoms with Crippen molar-refractivity contribution in [3.63, 3.8) is 0 Å². The van der Waals surface area contributed by atoms with Gasteiger partial charge in [-0.05, 0) is 19.3 Å². The molecule has 5 heteroatoms. The lowest BCUT2D eigenvalue weighted by molar-refractivity contribution is -0.0472. The maximum absolute atomic E-state index is 9.85. The molecule has 3 nitrogen and oxygen atoms in total. The van der Waals surface area contributed by atoms with Crippen LogP contribution in [-0.4, -0.2) is 20.3 Å². The van der Waals surface area contributed by atoms with Gasteiger partial charge in [-0.3, -0.25) is 0 Å². The fourth-order valence-electron chi connectivity index (χ4n) is 1.51. The Morgan fingerprint density at radius 3 is 2.62 bits per heavy atom. The van der Waals surface area contributed by atoms with Crippen LogP contribution in [0.25, 0.3) is 0 Å². The summed E-state index contributed by atoms with van der Waals surface area (Å²) in [6, 6.07) is 0. The second-order valence-electron chi connectivity index (χ2n) is 3.53. The molecule has 1 aliphatic rings. The van der Waals surface area contributed by atoms with Gasteiger partial charge in [-0.2, -0.15) is 0 Å². The van der Waals surface area contributed by atoms with Crippen molar-refractivity contribution in [2.24, 2.45) is 0 Å². The van der Waals surface area contributed by atoms with E-state index in [1.165, 1.54) is 0 Å². The molecule has 0 saturated heterocycles. The van der Waals surface area contributed by atoms with E-state index >= 15 is 0 Å². The van der Waals surface area contributed by atoms with Gasteiger partial charge < -0.3 is 9.67 Å². The molecular formula is C8H10Cl2N2O. The van der Waals surface area contributed by atoms with Gasteiger partial charge in [0.2, 0.25) is 0 Å². The summed E-state index contributed by atoms with van der Waals surface area (Å²) >= 11 is 11.5. The molecule has 0 atom stereocenters. The van der Waals surface area contributed by atoms with Gasteiger partial charge in [0.25, 0.3) is 0 Å². The van der Waals surface area contributed by atoms with E-state index in [1.807, 2.05) is 0 Å². The van der Waals surface area contributed by atoms with Crippen LogP contribution < -0.4 is 0 Å². The van der Waals surface area contributed by atoms with Crippen molar-refractivity contribution in [3.8, 4) is 0 Å². The summed E-state index contributed by atoms with van der Waals surface area (Å²) in [7, 11) is 0. The minimum absolute atomic E-state index is 0.296. The zero-order valence-corrected chi connectivity index (χ0v) is 8.52. The zero-order valence-electron chi connectivity index (χ0n) is 7.00. The Labute approximate surface area is 86.3 Å². The van der Waals surface area contributed by atoms with Crippen LogP contribution in [0.4, 0.5) is 0 Å². The lowest BCUT2D eigenvalue weighted by Crippen LogP contribution is -2.40. The summed E-state index contributed by atoms with van der Waals surface area (Å²) < 4.78 is 1.68. The maximum atomic E-state index is 9.85. The van der Waals surface area contributed by atoms with E-state index in [1.54, 1.807) is 10.9 Å². The van der Waals surface area contributed by atoms with E-state index in [0.717, 1.165) is 19.3 Å². The number of aromatic nitrogens is 2. The molecule has 0 amide bonds. The summed E-state index contributed by atoms with van der Waals surface area (Å²) in [5, 5.41) is 10.5. The Balaban J connectivity index is 2.13. The summed E-state index contributed by atoms with van der Waals surface area (Å²) in [5.74, 6) is 0. The second kappa shape index (κ2) is 3.15. The summed E-state index contributed by atoms with van der Waals surface area (Å²) in [5.41, 5.74) is -0.590. The number of nitrogens with zero attached hydrogens (tertiary/aromatic N) is 2. The second-order valence-corrected chi connectivity index (χ2v) is 4.25. The van der Waals surface area contributed by atoms with E-state index < -0.39 is 5.60 Å². The molecule has 0 spiro atoms. The van der Waals surface area contributed by atoms with Crippen molar-refractivity contribution in [2.75, 3.05) is 0 Å². The number of hydrogen-bond donors (Lipinski definition) is 1. The average molecular weight is 221 g/mol. The lowest BCUT2D eigenvalue weighted by Gasteiger charge is -2.36. The molecule has 1 N–H and O–H groups in total. The van der Waals surface area contributed by atoms with Crippen molar-refractivity contribution in [1.29, 1.82) is 0 Å². The first kappa shape index (κ1) is 9.31. The number of hydrogen-bond acceptors (Lipinski definition) is 2. The maximum Gasteiger partial charge on any atom is 0.166 e. The Morgan fingerprint density at radius 1 is 1.54 bits per heavy atom. The van der Waals surface area contributed by atoms with Gasteiger partial charge in [0, 0.05) is 0 Å². The molecule has 1 aromatic rings. The minimum Gasteiger partial charge on any atom is -0.388 e. The Morgan fingerprint density at radius 2 is 2.23 bits per heavy atom. The smallest absolute Gasteiger partial charge is 0.166 e. The molecule has 13 heavy (non-hydrogen) atoms. The molecule has 1 saturated carbocycles. The Hall–Kier alpha value is -0.250. The number of imidazole rings is 1. The third-order valence-electron chi connectivity index (χ3n) is 2.48. The van der Waals surface area contributed by atoms with Gasteiger partial charge in [-0.25, -0.2) is 4.98 Å². The van der Waals surface area contributed by atoms with Gasteiger partial charge in [0.05, 0.1) is 18.5 Å². The monoisotopic (exact) mass is 220 g/mol.